The van der Waals surface area contributed by atoms with Gasteiger partial charge in [0.05, 0.1) is 36.3 Å². The molecule has 2 aliphatic heterocycles. The van der Waals surface area contributed by atoms with Crippen molar-refractivity contribution in [2.45, 2.75) is 58.1 Å². The first-order valence-corrected chi connectivity index (χ1v) is 12.6. The van der Waals surface area contributed by atoms with Gasteiger partial charge in [-0.15, -0.1) is 0 Å². The van der Waals surface area contributed by atoms with E-state index in [-0.39, 0.29) is 12.0 Å². The largest absolute Gasteiger partial charge is 0.444 e. The maximum atomic E-state index is 13.2. The highest BCUT2D eigenvalue weighted by Gasteiger charge is 2.49. The minimum Gasteiger partial charge on any atom is -0.444 e. The van der Waals surface area contributed by atoms with E-state index < -0.39 is 16.6 Å². The van der Waals surface area contributed by atoms with Gasteiger partial charge in [0.2, 0.25) is 5.91 Å². The maximum Gasteiger partial charge on any atom is 0.410 e. The number of anilines is 2. The van der Waals surface area contributed by atoms with Crippen molar-refractivity contribution in [3.05, 3.63) is 58.1 Å². The Morgan fingerprint density at radius 3 is 2.47 bits per heavy atom. The number of methoxy groups -OCH3 is 1. The number of rotatable bonds is 6. The summed E-state index contributed by atoms with van der Waals surface area (Å²) in [7, 11) is 1.63. The SMILES string of the molecule is COCCN1C(=O)C(C)(C)c2ccc(NC3(c4cccc(Cl)c4C)CN(C(=O)OC(C)(C)C)C3)cc21. The van der Waals surface area contributed by atoms with Crippen molar-refractivity contribution in [2.24, 2.45) is 0 Å². The third-order valence-electron chi connectivity index (χ3n) is 7.00. The summed E-state index contributed by atoms with van der Waals surface area (Å²) < 4.78 is 10.9. The number of carbonyl (C=O) groups is 2. The number of amides is 2. The molecule has 0 aliphatic carbocycles. The first-order valence-electron chi connectivity index (χ1n) is 12.3. The molecule has 0 radical (unpaired) electrons. The summed E-state index contributed by atoms with van der Waals surface area (Å²) in [5.74, 6) is 0.0619. The van der Waals surface area contributed by atoms with Crippen molar-refractivity contribution in [1.82, 2.24) is 4.90 Å². The molecule has 2 aromatic rings. The quantitative estimate of drug-likeness (QED) is 0.554. The maximum absolute atomic E-state index is 13.2. The number of carbonyl (C=O) groups excluding carboxylic acids is 2. The van der Waals surface area contributed by atoms with Gasteiger partial charge < -0.3 is 24.6 Å². The van der Waals surface area contributed by atoms with Gasteiger partial charge in [-0.3, -0.25) is 4.79 Å². The fraction of sp³-hybridized carbons (Fsp3) is 0.500. The number of halogens is 1. The molecule has 36 heavy (non-hydrogen) atoms. The van der Waals surface area contributed by atoms with Gasteiger partial charge in [-0.05, 0) is 76.4 Å². The Kier molecular flexibility index (Phi) is 6.77. The van der Waals surface area contributed by atoms with Gasteiger partial charge in [0.1, 0.15) is 5.60 Å². The summed E-state index contributed by atoms with van der Waals surface area (Å²) >= 11 is 6.49. The summed E-state index contributed by atoms with van der Waals surface area (Å²) in [5, 5.41) is 4.37. The van der Waals surface area contributed by atoms with Crippen LogP contribution in [-0.2, 0) is 25.2 Å². The molecule has 2 amide bonds. The first-order chi connectivity index (χ1) is 16.8. The molecule has 7 nitrogen and oxygen atoms in total. The Bertz CT molecular complexity index is 1180. The van der Waals surface area contributed by atoms with E-state index in [0.29, 0.717) is 31.3 Å². The number of nitrogens with one attached hydrogen (secondary N) is 1. The Morgan fingerprint density at radius 1 is 1.14 bits per heavy atom. The molecule has 2 aliphatic rings. The molecular formula is C28H36ClN3O4. The minimum atomic E-state index is -0.604. The molecule has 8 heteroatoms. The molecule has 2 heterocycles. The molecule has 0 spiro atoms. The summed E-state index contributed by atoms with van der Waals surface area (Å²) in [6, 6.07) is 11.9. The van der Waals surface area contributed by atoms with Crippen LogP contribution < -0.4 is 10.2 Å². The van der Waals surface area contributed by atoms with Crippen LogP contribution >= 0.6 is 11.6 Å². The third-order valence-corrected chi connectivity index (χ3v) is 7.41. The molecule has 2 aromatic carbocycles. The van der Waals surface area contributed by atoms with E-state index in [1.807, 2.05) is 77.9 Å². The zero-order valence-corrected chi connectivity index (χ0v) is 23.0. The standard InChI is InChI=1S/C28H36ClN3O4/c1-18-20(9-8-10-22(18)29)28(16-31(17-28)25(34)36-26(2,3)4)30-19-11-12-21-23(15-19)32(13-14-35-7)24(33)27(21,5)6/h8-12,15,30H,13-14,16-17H2,1-7H3. The second kappa shape index (κ2) is 9.27. The van der Waals surface area contributed by atoms with Gasteiger partial charge in [0, 0.05) is 24.4 Å². The molecule has 1 saturated heterocycles. The van der Waals surface area contributed by atoms with E-state index in [9.17, 15) is 9.59 Å². The van der Waals surface area contributed by atoms with Crippen LogP contribution in [0.4, 0.5) is 16.2 Å². The normalized spacial score (nSPS) is 18.1. The molecule has 0 saturated carbocycles. The monoisotopic (exact) mass is 513 g/mol. The number of nitrogens with zero attached hydrogens (tertiary/aromatic N) is 2. The van der Waals surface area contributed by atoms with Crippen LogP contribution in [0.15, 0.2) is 36.4 Å². The number of ether oxygens (including phenoxy) is 2. The third kappa shape index (κ3) is 4.66. The van der Waals surface area contributed by atoms with Gasteiger partial charge in [-0.1, -0.05) is 29.8 Å². The minimum absolute atomic E-state index is 0.0619. The molecule has 1 N–H and O–H groups in total. The van der Waals surface area contributed by atoms with Gasteiger partial charge in [-0.25, -0.2) is 4.79 Å². The second-order valence-electron chi connectivity index (χ2n) is 11.3. The molecule has 1 fully saturated rings. The van der Waals surface area contributed by atoms with Crippen molar-refractivity contribution < 1.29 is 19.1 Å². The van der Waals surface area contributed by atoms with Crippen LogP contribution in [0, 0.1) is 6.92 Å². The second-order valence-corrected chi connectivity index (χ2v) is 11.7. The molecular weight excluding hydrogens is 478 g/mol. The summed E-state index contributed by atoms with van der Waals surface area (Å²) in [4.78, 5) is 29.4. The van der Waals surface area contributed by atoms with E-state index in [2.05, 4.69) is 5.32 Å². The van der Waals surface area contributed by atoms with E-state index in [4.69, 9.17) is 21.1 Å². The van der Waals surface area contributed by atoms with Crippen molar-refractivity contribution in [1.29, 1.82) is 0 Å². The highest BCUT2D eigenvalue weighted by atomic mass is 35.5. The van der Waals surface area contributed by atoms with Gasteiger partial charge in [-0.2, -0.15) is 0 Å². The number of hydrogen-bond donors (Lipinski definition) is 1. The zero-order chi connectivity index (χ0) is 26.5. The van der Waals surface area contributed by atoms with E-state index >= 15 is 0 Å². The van der Waals surface area contributed by atoms with E-state index in [0.717, 1.165) is 28.1 Å². The smallest absolute Gasteiger partial charge is 0.410 e. The van der Waals surface area contributed by atoms with E-state index in [1.165, 1.54) is 0 Å². The predicted octanol–water partition coefficient (Wildman–Crippen LogP) is 5.48. The van der Waals surface area contributed by atoms with Crippen LogP contribution in [0.5, 0.6) is 0 Å². The lowest BCUT2D eigenvalue weighted by Crippen LogP contribution is -2.65. The van der Waals surface area contributed by atoms with Gasteiger partial charge >= 0.3 is 6.09 Å². The molecule has 194 valence electrons. The van der Waals surface area contributed by atoms with Crippen LogP contribution in [0.1, 0.15) is 51.3 Å². The van der Waals surface area contributed by atoms with Crippen LogP contribution in [0.3, 0.4) is 0 Å². The molecule has 0 bridgehead atoms. The van der Waals surface area contributed by atoms with Gasteiger partial charge in [0.15, 0.2) is 0 Å². The topological polar surface area (TPSA) is 71.1 Å². The Balaban J connectivity index is 1.68. The summed E-state index contributed by atoms with van der Waals surface area (Å²) in [6.07, 6.45) is -0.341. The number of hydrogen-bond acceptors (Lipinski definition) is 5. The van der Waals surface area contributed by atoms with Crippen molar-refractivity contribution in [2.75, 3.05) is 43.6 Å². The summed E-state index contributed by atoms with van der Waals surface area (Å²) in [5.41, 5.74) is 3.02. The van der Waals surface area contributed by atoms with Crippen LogP contribution in [0.25, 0.3) is 0 Å². The van der Waals surface area contributed by atoms with Crippen molar-refractivity contribution in [3.8, 4) is 0 Å². The number of likely N-dealkylation sites (tertiary alicyclic amines) is 1. The lowest BCUT2D eigenvalue weighted by Gasteiger charge is -2.51. The highest BCUT2D eigenvalue weighted by molar-refractivity contribution is 6.31. The van der Waals surface area contributed by atoms with Crippen molar-refractivity contribution in [3.63, 3.8) is 0 Å². The zero-order valence-electron chi connectivity index (χ0n) is 22.2. The Morgan fingerprint density at radius 2 is 1.83 bits per heavy atom. The number of benzene rings is 2. The lowest BCUT2D eigenvalue weighted by atomic mass is 9.79. The van der Waals surface area contributed by atoms with Crippen LogP contribution in [0.2, 0.25) is 5.02 Å². The lowest BCUT2D eigenvalue weighted by molar-refractivity contribution is -0.122. The average molecular weight is 514 g/mol. The Hall–Kier alpha value is -2.77. The molecule has 0 aromatic heterocycles. The molecule has 0 atom stereocenters. The fourth-order valence-corrected chi connectivity index (χ4v) is 5.28. The Labute approximate surface area is 218 Å². The first kappa shape index (κ1) is 26.3. The molecule has 4 rings (SSSR count). The number of fused-ring (bicyclic) bond motifs is 1. The van der Waals surface area contributed by atoms with Crippen molar-refractivity contribution >= 4 is 35.0 Å². The van der Waals surface area contributed by atoms with Crippen LogP contribution in [-0.4, -0.2) is 55.9 Å². The summed E-state index contributed by atoms with van der Waals surface area (Å²) in [6.45, 7) is 13.3. The van der Waals surface area contributed by atoms with Gasteiger partial charge in [0.25, 0.3) is 0 Å². The predicted molar refractivity (Wildman–Crippen MR) is 143 cm³/mol. The fourth-order valence-electron chi connectivity index (χ4n) is 5.11. The average Bonchev–Trinajstić information content (AvgIpc) is 2.95. The van der Waals surface area contributed by atoms with E-state index in [1.54, 1.807) is 16.9 Å². The molecule has 0 unspecified atom stereocenters. The highest BCUT2D eigenvalue weighted by Crippen LogP contribution is 2.45.